The Morgan fingerprint density at radius 1 is 1.03 bits per heavy atom. The molecule has 0 fully saturated rings. The van der Waals surface area contributed by atoms with Crippen LogP contribution in [0.2, 0.25) is 0 Å². The molecule has 0 unspecified atom stereocenters. The molecule has 1 aromatic heterocycles. The van der Waals surface area contributed by atoms with E-state index in [0.29, 0.717) is 25.2 Å². The van der Waals surface area contributed by atoms with Crippen LogP contribution < -0.4 is 5.32 Å². The van der Waals surface area contributed by atoms with Crippen LogP contribution in [0.15, 0.2) is 69.1 Å². The molecule has 0 aliphatic carbocycles. The predicted octanol–water partition coefficient (Wildman–Crippen LogP) is 3.18. The highest BCUT2D eigenvalue weighted by Gasteiger charge is 2.21. The largest absolute Gasteiger partial charge is 0.411 e. The zero-order valence-corrected chi connectivity index (χ0v) is 18.9. The molecule has 8 nitrogen and oxygen atoms in total. The summed E-state index contributed by atoms with van der Waals surface area (Å²) in [7, 11) is -3.52. The van der Waals surface area contributed by atoms with Crippen molar-refractivity contribution in [3.8, 4) is 11.5 Å². The summed E-state index contributed by atoms with van der Waals surface area (Å²) in [6.45, 7) is 4.87. The van der Waals surface area contributed by atoms with Crippen molar-refractivity contribution in [2.24, 2.45) is 0 Å². The van der Waals surface area contributed by atoms with Crippen molar-refractivity contribution < 1.29 is 17.6 Å². The van der Waals surface area contributed by atoms with E-state index in [2.05, 4.69) is 15.5 Å². The van der Waals surface area contributed by atoms with Gasteiger partial charge in [0.2, 0.25) is 21.8 Å². The van der Waals surface area contributed by atoms with Crippen LogP contribution in [0.5, 0.6) is 0 Å². The van der Waals surface area contributed by atoms with Crippen LogP contribution in [0.3, 0.4) is 0 Å². The third kappa shape index (κ3) is 5.93. The fourth-order valence-corrected chi connectivity index (χ4v) is 4.89. The minimum Gasteiger partial charge on any atom is -0.411 e. The third-order valence-corrected chi connectivity index (χ3v) is 7.39. The van der Waals surface area contributed by atoms with E-state index in [1.807, 2.05) is 30.3 Å². The maximum atomic E-state index is 12.6. The second-order valence-corrected chi connectivity index (χ2v) is 9.40. The van der Waals surface area contributed by atoms with Crippen LogP contribution in [0.25, 0.3) is 11.5 Å². The van der Waals surface area contributed by atoms with Gasteiger partial charge in [0.1, 0.15) is 0 Å². The van der Waals surface area contributed by atoms with Crippen molar-refractivity contribution in [3.05, 3.63) is 60.2 Å². The van der Waals surface area contributed by atoms with Crippen LogP contribution in [0, 0.1) is 0 Å². The summed E-state index contributed by atoms with van der Waals surface area (Å²) < 4.78 is 32.1. The standard InChI is InChI=1S/C21H24N4O4S2/c1-3-25(4-2)31(27,28)18-12-10-17(11-13-18)20-23-24-21(29-20)30-15-19(26)22-14-16-8-6-5-7-9-16/h5-13H,3-4,14-15H2,1-2H3,(H,22,26). The zero-order chi connectivity index (χ0) is 22.3. The molecule has 0 spiro atoms. The van der Waals surface area contributed by atoms with Gasteiger partial charge in [0.25, 0.3) is 5.22 Å². The Kier molecular flexibility index (Phi) is 7.83. The number of carbonyl (C=O) groups is 1. The fourth-order valence-electron chi connectivity index (χ4n) is 2.84. The minimum absolute atomic E-state index is 0.139. The molecule has 0 saturated carbocycles. The lowest BCUT2D eigenvalue weighted by Crippen LogP contribution is -2.30. The molecule has 2 aromatic carbocycles. The van der Waals surface area contributed by atoms with Gasteiger partial charge in [-0.15, -0.1) is 10.2 Å². The third-order valence-electron chi connectivity index (χ3n) is 4.51. The molecule has 0 aliphatic rings. The Labute approximate surface area is 186 Å². The lowest BCUT2D eigenvalue weighted by Gasteiger charge is -2.18. The molecule has 0 saturated heterocycles. The van der Waals surface area contributed by atoms with E-state index < -0.39 is 10.0 Å². The number of nitrogens with one attached hydrogen (secondary N) is 1. The molecular formula is C21H24N4O4S2. The van der Waals surface area contributed by atoms with E-state index in [-0.39, 0.29) is 27.7 Å². The quantitative estimate of drug-likeness (QED) is 0.463. The van der Waals surface area contributed by atoms with E-state index in [9.17, 15) is 13.2 Å². The number of benzene rings is 2. The predicted molar refractivity (Wildman–Crippen MR) is 119 cm³/mol. The van der Waals surface area contributed by atoms with Gasteiger partial charge in [-0.25, -0.2) is 8.42 Å². The summed E-state index contributed by atoms with van der Waals surface area (Å²) in [5.74, 6) is 0.272. The summed E-state index contributed by atoms with van der Waals surface area (Å²) >= 11 is 1.14. The first-order valence-corrected chi connectivity index (χ1v) is 12.2. The first-order valence-electron chi connectivity index (χ1n) is 9.81. The summed E-state index contributed by atoms with van der Waals surface area (Å²) in [4.78, 5) is 12.2. The molecule has 164 valence electrons. The summed E-state index contributed by atoms with van der Waals surface area (Å²) in [5.41, 5.74) is 1.62. The Hall–Kier alpha value is -2.69. The van der Waals surface area contributed by atoms with Crippen LogP contribution in [0.4, 0.5) is 0 Å². The minimum atomic E-state index is -3.52. The molecule has 3 aromatic rings. The lowest BCUT2D eigenvalue weighted by molar-refractivity contribution is -0.118. The van der Waals surface area contributed by atoms with Crippen LogP contribution in [-0.2, 0) is 21.4 Å². The smallest absolute Gasteiger partial charge is 0.277 e. The van der Waals surface area contributed by atoms with E-state index in [0.717, 1.165) is 17.3 Å². The Morgan fingerprint density at radius 3 is 2.35 bits per heavy atom. The van der Waals surface area contributed by atoms with Gasteiger partial charge in [-0.2, -0.15) is 4.31 Å². The van der Waals surface area contributed by atoms with Gasteiger partial charge in [-0.05, 0) is 29.8 Å². The van der Waals surface area contributed by atoms with Crippen molar-refractivity contribution in [2.45, 2.75) is 30.5 Å². The molecule has 1 amide bonds. The SMILES string of the molecule is CCN(CC)S(=O)(=O)c1ccc(-c2nnc(SCC(=O)NCc3ccccc3)o2)cc1. The zero-order valence-electron chi connectivity index (χ0n) is 17.3. The van der Waals surface area contributed by atoms with Crippen molar-refractivity contribution in [2.75, 3.05) is 18.8 Å². The van der Waals surface area contributed by atoms with Gasteiger partial charge in [-0.1, -0.05) is 55.9 Å². The average molecular weight is 461 g/mol. The average Bonchev–Trinajstić information content (AvgIpc) is 3.27. The molecule has 0 radical (unpaired) electrons. The van der Waals surface area contributed by atoms with E-state index in [1.54, 1.807) is 26.0 Å². The van der Waals surface area contributed by atoms with Gasteiger partial charge >= 0.3 is 0 Å². The first-order chi connectivity index (χ1) is 14.9. The van der Waals surface area contributed by atoms with Crippen molar-refractivity contribution >= 4 is 27.7 Å². The molecule has 0 bridgehead atoms. The Morgan fingerprint density at radius 2 is 1.71 bits per heavy atom. The van der Waals surface area contributed by atoms with Gasteiger partial charge in [0, 0.05) is 25.2 Å². The van der Waals surface area contributed by atoms with Crippen molar-refractivity contribution in [1.29, 1.82) is 0 Å². The van der Waals surface area contributed by atoms with E-state index >= 15 is 0 Å². The Bertz CT molecular complexity index is 1100. The number of thioether (sulfide) groups is 1. The molecule has 10 heteroatoms. The van der Waals surface area contributed by atoms with Crippen LogP contribution in [0.1, 0.15) is 19.4 Å². The number of amides is 1. The number of nitrogens with zero attached hydrogens (tertiary/aromatic N) is 3. The number of aromatic nitrogens is 2. The summed E-state index contributed by atoms with van der Waals surface area (Å²) in [6.07, 6.45) is 0. The molecule has 1 heterocycles. The fraction of sp³-hybridized carbons (Fsp3) is 0.286. The van der Waals surface area contributed by atoms with E-state index in [4.69, 9.17) is 4.42 Å². The highest BCUT2D eigenvalue weighted by molar-refractivity contribution is 7.99. The van der Waals surface area contributed by atoms with Gasteiger partial charge in [-0.3, -0.25) is 4.79 Å². The second-order valence-electron chi connectivity index (χ2n) is 6.54. The normalized spacial score (nSPS) is 11.6. The lowest BCUT2D eigenvalue weighted by atomic mass is 10.2. The number of carbonyl (C=O) groups excluding carboxylic acids is 1. The number of sulfonamides is 1. The first kappa shape index (κ1) is 23.0. The van der Waals surface area contributed by atoms with Gasteiger partial charge in [0.15, 0.2) is 0 Å². The van der Waals surface area contributed by atoms with Gasteiger partial charge in [0.05, 0.1) is 10.6 Å². The second kappa shape index (κ2) is 10.6. The van der Waals surface area contributed by atoms with Crippen LogP contribution in [-0.4, -0.2) is 47.7 Å². The Balaban J connectivity index is 1.57. The van der Waals surface area contributed by atoms with Crippen molar-refractivity contribution in [3.63, 3.8) is 0 Å². The number of rotatable bonds is 10. The molecule has 0 atom stereocenters. The maximum Gasteiger partial charge on any atom is 0.277 e. The number of hydrogen-bond donors (Lipinski definition) is 1. The van der Waals surface area contributed by atoms with Crippen molar-refractivity contribution in [1.82, 2.24) is 19.8 Å². The van der Waals surface area contributed by atoms with Crippen LogP contribution >= 0.6 is 11.8 Å². The molecular weight excluding hydrogens is 436 g/mol. The van der Waals surface area contributed by atoms with Gasteiger partial charge < -0.3 is 9.73 Å². The molecule has 3 rings (SSSR count). The summed E-state index contributed by atoms with van der Waals surface area (Å²) in [6, 6.07) is 16.0. The summed E-state index contributed by atoms with van der Waals surface area (Å²) in [5, 5.41) is 11.0. The molecule has 31 heavy (non-hydrogen) atoms. The van der Waals surface area contributed by atoms with E-state index in [1.165, 1.54) is 16.4 Å². The monoisotopic (exact) mass is 460 g/mol. The maximum absolute atomic E-state index is 12.6. The highest BCUT2D eigenvalue weighted by atomic mass is 32.2. The molecule has 1 N–H and O–H groups in total. The highest BCUT2D eigenvalue weighted by Crippen LogP contribution is 2.25. The topological polar surface area (TPSA) is 105 Å². The number of hydrogen-bond acceptors (Lipinski definition) is 7. The molecule has 0 aliphatic heterocycles.